The van der Waals surface area contributed by atoms with Crippen molar-refractivity contribution < 1.29 is 4.74 Å². The van der Waals surface area contributed by atoms with Crippen molar-refractivity contribution in [2.24, 2.45) is 4.99 Å². The van der Waals surface area contributed by atoms with Crippen molar-refractivity contribution in [2.45, 2.75) is 26.3 Å². The fourth-order valence-corrected chi connectivity index (χ4v) is 0.368. The maximum absolute atomic E-state index is 4.80. The third kappa shape index (κ3) is 4.13. The van der Waals surface area contributed by atoms with Crippen LogP contribution in [0.2, 0.25) is 0 Å². The van der Waals surface area contributed by atoms with Crippen LogP contribution in [0.5, 0.6) is 0 Å². The Bertz CT molecular complexity index is 129. The van der Waals surface area contributed by atoms with Gasteiger partial charge < -0.3 is 4.74 Å². The summed E-state index contributed by atoms with van der Waals surface area (Å²) < 4.78 is 4.80. The van der Waals surface area contributed by atoms with Crippen LogP contribution in [0, 0.1) is 0 Å². The Balaban J connectivity index is 3.63. The van der Waals surface area contributed by atoms with Crippen LogP contribution in [-0.4, -0.2) is 19.4 Å². The van der Waals surface area contributed by atoms with Crippen molar-refractivity contribution in [3.05, 3.63) is 12.3 Å². The summed E-state index contributed by atoms with van der Waals surface area (Å²) in [6.07, 6.45) is 2.71. The van der Waals surface area contributed by atoms with Crippen LogP contribution in [0.1, 0.15) is 20.3 Å². The highest BCUT2D eigenvalue weighted by atomic mass is 16.5. The van der Waals surface area contributed by atoms with E-state index in [2.05, 4.69) is 25.4 Å². The molecule has 0 bridgehead atoms. The van der Waals surface area contributed by atoms with Crippen molar-refractivity contribution in [1.82, 2.24) is 0 Å². The molecule has 2 heteroatoms. The molecule has 0 aromatic carbocycles. The predicted octanol–water partition coefficient (Wildman–Crippen LogP) is 2.02. The minimum atomic E-state index is 0.367. The highest BCUT2D eigenvalue weighted by Gasteiger charge is 1.91. The van der Waals surface area contributed by atoms with Gasteiger partial charge in [-0.25, -0.2) is 0 Å². The van der Waals surface area contributed by atoms with Gasteiger partial charge in [0.1, 0.15) is 5.76 Å². The highest BCUT2D eigenvalue weighted by Crippen LogP contribution is 1.95. The Morgan fingerprint density at radius 2 is 2.40 bits per heavy atom. The van der Waals surface area contributed by atoms with E-state index >= 15 is 0 Å². The van der Waals surface area contributed by atoms with Crippen molar-refractivity contribution in [3.63, 3.8) is 0 Å². The minimum Gasteiger partial charge on any atom is -0.496 e. The van der Waals surface area contributed by atoms with Crippen LogP contribution in [0.4, 0.5) is 0 Å². The molecule has 0 heterocycles. The van der Waals surface area contributed by atoms with E-state index in [4.69, 9.17) is 4.74 Å². The average Bonchev–Trinajstić information content (AvgIpc) is 1.99. The zero-order chi connectivity index (χ0) is 7.98. The van der Waals surface area contributed by atoms with Crippen LogP contribution in [-0.2, 0) is 4.74 Å². The van der Waals surface area contributed by atoms with Gasteiger partial charge in [-0.1, -0.05) is 13.5 Å². The maximum Gasteiger partial charge on any atom is 0.129 e. The van der Waals surface area contributed by atoms with Crippen LogP contribution >= 0.6 is 0 Å². The molecule has 0 aromatic rings. The summed E-state index contributed by atoms with van der Waals surface area (Å²) in [4.78, 5) is 4.16. The van der Waals surface area contributed by atoms with Crippen LogP contribution < -0.4 is 0 Å². The maximum atomic E-state index is 4.80. The normalized spacial score (nSPS) is 13.5. The molecule has 58 valence electrons. The molecule has 1 atom stereocenters. The molecular weight excluding hydrogens is 126 g/mol. The van der Waals surface area contributed by atoms with Gasteiger partial charge in [-0.15, -0.1) is 0 Å². The molecule has 0 rings (SSSR count). The molecule has 0 amide bonds. The quantitative estimate of drug-likeness (QED) is 0.433. The molecule has 0 aromatic heterocycles. The summed E-state index contributed by atoms with van der Waals surface area (Å²) in [5.41, 5.74) is 0. The molecule has 0 aliphatic rings. The van der Waals surface area contributed by atoms with E-state index in [1.54, 1.807) is 13.3 Å². The molecule has 0 radical (unpaired) electrons. The summed E-state index contributed by atoms with van der Waals surface area (Å²) in [5.74, 6) is 0.611. The van der Waals surface area contributed by atoms with E-state index in [9.17, 15) is 0 Å². The van der Waals surface area contributed by atoms with E-state index < -0.39 is 0 Å². The lowest BCUT2D eigenvalue weighted by atomic mass is 10.3. The lowest BCUT2D eigenvalue weighted by molar-refractivity contribution is 0.318. The van der Waals surface area contributed by atoms with Crippen LogP contribution in [0.15, 0.2) is 17.3 Å². The largest absolute Gasteiger partial charge is 0.496 e. The van der Waals surface area contributed by atoms with Crippen molar-refractivity contribution in [1.29, 1.82) is 0 Å². The molecule has 0 saturated carbocycles. The zero-order valence-electron chi connectivity index (χ0n) is 6.92. The van der Waals surface area contributed by atoms with Crippen molar-refractivity contribution >= 4 is 6.21 Å². The number of ether oxygens (including phenoxy) is 1. The monoisotopic (exact) mass is 141 g/mol. The van der Waals surface area contributed by atoms with E-state index in [0.29, 0.717) is 11.8 Å². The summed E-state index contributed by atoms with van der Waals surface area (Å²) in [6.45, 7) is 7.76. The topological polar surface area (TPSA) is 21.6 Å². The zero-order valence-corrected chi connectivity index (χ0v) is 6.92. The van der Waals surface area contributed by atoms with Gasteiger partial charge in [0.2, 0.25) is 0 Å². The fraction of sp³-hybridized carbons (Fsp3) is 0.625. The molecule has 10 heavy (non-hydrogen) atoms. The molecule has 0 N–H and O–H groups in total. The predicted molar refractivity (Wildman–Crippen MR) is 44.4 cm³/mol. The van der Waals surface area contributed by atoms with Gasteiger partial charge in [0.15, 0.2) is 0 Å². The molecule has 0 aliphatic heterocycles. The van der Waals surface area contributed by atoms with Gasteiger partial charge in [-0.2, -0.15) is 0 Å². The summed E-state index contributed by atoms with van der Waals surface area (Å²) in [5, 5.41) is 0. The summed E-state index contributed by atoms with van der Waals surface area (Å²) in [6, 6.07) is 0.367. The smallest absolute Gasteiger partial charge is 0.129 e. The first-order valence-electron chi connectivity index (χ1n) is 3.46. The lowest BCUT2D eigenvalue weighted by Gasteiger charge is -2.00. The third-order valence-corrected chi connectivity index (χ3v) is 1.33. The number of nitrogens with zero attached hydrogens (tertiary/aromatic N) is 1. The molecule has 2 nitrogen and oxygen atoms in total. The molecule has 0 fully saturated rings. The Labute approximate surface area is 62.6 Å². The Hall–Kier alpha value is -0.790. The van der Waals surface area contributed by atoms with Gasteiger partial charge in [0.05, 0.1) is 13.3 Å². The van der Waals surface area contributed by atoms with E-state index in [1.165, 1.54) is 0 Å². The number of hydrogen-bond donors (Lipinski definition) is 0. The first kappa shape index (κ1) is 9.21. The van der Waals surface area contributed by atoms with Crippen LogP contribution in [0.25, 0.3) is 0 Å². The van der Waals surface area contributed by atoms with Gasteiger partial charge in [-0.3, -0.25) is 4.99 Å². The fourth-order valence-electron chi connectivity index (χ4n) is 0.368. The standard InChI is InChI=1S/C8H15NO/c1-5-7(2)9-6-8(3)10-4/h6-7H,3,5H2,1-2,4H3. The number of allylic oxidation sites excluding steroid dienone is 1. The van der Waals surface area contributed by atoms with Gasteiger partial charge in [-0.05, 0) is 13.3 Å². The second kappa shape index (κ2) is 5.03. The second-order valence-corrected chi connectivity index (χ2v) is 2.21. The number of methoxy groups -OCH3 is 1. The second-order valence-electron chi connectivity index (χ2n) is 2.21. The Morgan fingerprint density at radius 1 is 1.80 bits per heavy atom. The molecule has 1 unspecified atom stereocenters. The molecule has 0 saturated heterocycles. The lowest BCUT2D eigenvalue weighted by Crippen LogP contribution is -1.96. The third-order valence-electron chi connectivity index (χ3n) is 1.33. The van der Waals surface area contributed by atoms with E-state index in [0.717, 1.165) is 6.42 Å². The van der Waals surface area contributed by atoms with Gasteiger partial charge in [0.25, 0.3) is 0 Å². The molecular formula is C8H15NO. The van der Waals surface area contributed by atoms with E-state index in [1.807, 2.05) is 0 Å². The number of aliphatic imine (C=N–C) groups is 1. The van der Waals surface area contributed by atoms with Crippen molar-refractivity contribution in [3.8, 4) is 0 Å². The minimum absolute atomic E-state index is 0.367. The van der Waals surface area contributed by atoms with E-state index in [-0.39, 0.29) is 0 Å². The Morgan fingerprint density at radius 3 is 2.80 bits per heavy atom. The van der Waals surface area contributed by atoms with Crippen molar-refractivity contribution in [2.75, 3.05) is 7.11 Å². The van der Waals surface area contributed by atoms with Gasteiger partial charge >= 0.3 is 0 Å². The average molecular weight is 141 g/mol. The first-order valence-corrected chi connectivity index (χ1v) is 3.46. The molecule has 0 aliphatic carbocycles. The molecule has 0 spiro atoms. The van der Waals surface area contributed by atoms with Gasteiger partial charge in [0, 0.05) is 6.04 Å². The summed E-state index contributed by atoms with van der Waals surface area (Å²) in [7, 11) is 1.59. The number of rotatable bonds is 4. The van der Waals surface area contributed by atoms with Crippen LogP contribution in [0.3, 0.4) is 0 Å². The summed E-state index contributed by atoms with van der Waals surface area (Å²) >= 11 is 0. The highest BCUT2D eigenvalue weighted by molar-refractivity contribution is 5.74. The first-order chi connectivity index (χ1) is 4.70. The SMILES string of the molecule is C=C(C=NC(C)CC)OC. The number of hydrogen-bond acceptors (Lipinski definition) is 2. The Kier molecular flexibility index (Phi) is 4.63.